The van der Waals surface area contributed by atoms with Crippen LogP contribution < -0.4 is 9.46 Å². The number of hydrogen-bond acceptors (Lipinski definition) is 7. The maximum atomic E-state index is 14.3. The van der Waals surface area contributed by atoms with Crippen LogP contribution in [0.2, 0.25) is 0 Å². The van der Waals surface area contributed by atoms with Crippen molar-refractivity contribution >= 4 is 27.5 Å². The van der Waals surface area contributed by atoms with E-state index in [2.05, 4.69) is 4.72 Å². The van der Waals surface area contributed by atoms with Crippen LogP contribution in [0.15, 0.2) is 77.7 Å². The van der Waals surface area contributed by atoms with E-state index in [1.807, 2.05) is 32.0 Å². The van der Waals surface area contributed by atoms with Crippen LogP contribution in [0.1, 0.15) is 60.7 Å². The molecule has 0 bridgehead atoms. The first kappa shape index (κ1) is 35.8. The number of sulfonamides is 1. The SMILES string of the molecule is C[C@H]1CCCCO[C@H](CN(C)C(=O)c2ccccc2)[C@@H](C)CN([C@@H](C)CO)C(=O)c2cc(NS(=O)(=O)c3ccc(F)cc3)ccc2O1. The number of fused-ring (bicyclic) bond motifs is 1. The van der Waals surface area contributed by atoms with Crippen molar-refractivity contribution in [1.82, 2.24) is 9.80 Å². The van der Waals surface area contributed by atoms with Gasteiger partial charge >= 0.3 is 0 Å². The standard InChI is InChI=1S/C35H44FN3O7S/c1-24-21-39(25(2)23-40)35(42)31-20-29(37-47(43,44)30-16-13-28(36)14-17-30)15-18-32(31)46-26(3)10-8-9-19-45-33(24)22-38(4)34(41)27-11-6-5-7-12-27/h5-7,11-18,20,24-26,33,37,40H,8-10,19,21-23H2,1-4H3/t24-,25-,26-,33+/m0/s1. The zero-order chi connectivity index (χ0) is 34.1. The van der Waals surface area contributed by atoms with Crippen molar-refractivity contribution in [3.8, 4) is 5.75 Å². The lowest BCUT2D eigenvalue weighted by Crippen LogP contribution is -2.48. The molecule has 2 N–H and O–H groups in total. The summed E-state index contributed by atoms with van der Waals surface area (Å²) in [5.41, 5.74) is 0.797. The van der Waals surface area contributed by atoms with Gasteiger partial charge in [0, 0.05) is 43.9 Å². The summed E-state index contributed by atoms with van der Waals surface area (Å²) < 4.78 is 54.6. The predicted molar refractivity (Wildman–Crippen MR) is 177 cm³/mol. The molecule has 4 rings (SSSR count). The monoisotopic (exact) mass is 669 g/mol. The van der Waals surface area contributed by atoms with Crippen molar-refractivity contribution in [3.05, 3.63) is 89.7 Å². The Morgan fingerprint density at radius 3 is 2.47 bits per heavy atom. The van der Waals surface area contributed by atoms with Gasteiger partial charge in [-0.05, 0) is 87.7 Å². The summed E-state index contributed by atoms with van der Waals surface area (Å²) in [6, 6.07) is 17.3. The zero-order valence-electron chi connectivity index (χ0n) is 27.3. The number of carbonyl (C=O) groups excluding carboxylic acids is 2. The number of nitrogens with one attached hydrogen (secondary N) is 1. The van der Waals surface area contributed by atoms with E-state index in [0.29, 0.717) is 18.6 Å². The minimum absolute atomic E-state index is 0.116. The molecule has 12 heteroatoms. The van der Waals surface area contributed by atoms with E-state index in [1.165, 1.54) is 17.0 Å². The fourth-order valence-corrected chi connectivity index (χ4v) is 6.48. The van der Waals surface area contributed by atoms with Crippen molar-refractivity contribution in [2.24, 2.45) is 5.92 Å². The van der Waals surface area contributed by atoms with Gasteiger partial charge in [-0.2, -0.15) is 0 Å². The van der Waals surface area contributed by atoms with Gasteiger partial charge in [-0.25, -0.2) is 12.8 Å². The molecule has 0 spiro atoms. The molecule has 0 radical (unpaired) electrons. The third kappa shape index (κ3) is 9.52. The Labute approximate surface area is 276 Å². The Morgan fingerprint density at radius 1 is 1.09 bits per heavy atom. The lowest BCUT2D eigenvalue weighted by atomic mass is 10.0. The molecular formula is C35H44FN3O7S. The van der Waals surface area contributed by atoms with Crippen molar-refractivity contribution in [2.45, 2.75) is 63.2 Å². The molecule has 0 saturated carbocycles. The van der Waals surface area contributed by atoms with E-state index in [-0.39, 0.29) is 59.5 Å². The molecular weight excluding hydrogens is 625 g/mol. The zero-order valence-corrected chi connectivity index (χ0v) is 28.1. The molecule has 0 fully saturated rings. The normalized spacial score (nSPS) is 20.3. The topological polar surface area (TPSA) is 125 Å². The minimum Gasteiger partial charge on any atom is -0.490 e. The number of rotatable bonds is 8. The molecule has 1 aliphatic heterocycles. The highest BCUT2D eigenvalue weighted by atomic mass is 32.2. The lowest BCUT2D eigenvalue weighted by Gasteiger charge is -2.36. The van der Waals surface area contributed by atoms with E-state index in [9.17, 15) is 27.5 Å². The highest BCUT2D eigenvalue weighted by molar-refractivity contribution is 7.92. The van der Waals surface area contributed by atoms with Crippen LogP contribution in [0.4, 0.5) is 10.1 Å². The number of benzene rings is 3. The number of aliphatic hydroxyl groups excluding tert-OH is 1. The average molecular weight is 670 g/mol. The molecule has 1 aliphatic rings. The lowest BCUT2D eigenvalue weighted by molar-refractivity contribution is -0.0149. The number of halogens is 1. The van der Waals surface area contributed by atoms with E-state index < -0.39 is 33.9 Å². The van der Waals surface area contributed by atoms with Crippen LogP contribution >= 0.6 is 0 Å². The molecule has 0 aromatic heterocycles. The van der Waals surface area contributed by atoms with Crippen molar-refractivity contribution in [3.63, 3.8) is 0 Å². The van der Waals surface area contributed by atoms with Crippen molar-refractivity contribution in [1.29, 1.82) is 0 Å². The number of likely N-dealkylation sites (N-methyl/N-ethyl adjacent to an activating group) is 1. The number of nitrogens with zero attached hydrogens (tertiary/aromatic N) is 2. The van der Waals surface area contributed by atoms with Gasteiger partial charge in [0.2, 0.25) is 0 Å². The quantitative estimate of drug-likeness (QED) is 0.338. The van der Waals surface area contributed by atoms with Gasteiger partial charge in [0.1, 0.15) is 11.6 Å². The molecule has 3 aromatic carbocycles. The molecule has 0 unspecified atom stereocenters. The second-order valence-electron chi connectivity index (χ2n) is 12.1. The highest BCUT2D eigenvalue weighted by Crippen LogP contribution is 2.29. The Hall–Kier alpha value is -4.00. The summed E-state index contributed by atoms with van der Waals surface area (Å²) in [6.07, 6.45) is 1.56. The van der Waals surface area contributed by atoms with Crippen LogP contribution in [-0.4, -0.2) is 86.7 Å². The maximum absolute atomic E-state index is 14.3. The number of carbonyl (C=O) groups is 2. The fraction of sp³-hybridized carbons (Fsp3) is 0.429. The Morgan fingerprint density at radius 2 is 1.79 bits per heavy atom. The van der Waals surface area contributed by atoms with Crippen LogP contribution in [-0.2, 0) is 14.8 Å². The smallest absolute Gasteiger partial charge is 0.261 e. The predicted octanol–water partition coefficient (Wildman–Crippen LogP) is 5.19. The van der Waals surface area contributed by atoms with E-state index in [0.717, 1.165) is 37.1 Å². The van der Waals surface area contributed by atoms with Gasteiger partial charge in [-0.15, -0.1) is 0 Å². The highest BCUT2D eigenvalue weighted by Gasteiger charge is 2.31. The first-order chi connectivity index (χ1) is 22.4. The van der Waals surface area contributed by atoms with Crippen molar-refractivity contribution < 1.29 is 37.0 Å². The molecule has 254 valence electrons. The summed E-state index contributed by atoms with van der Waals surface area (Å²) in [6.45, 7) is 6.17. The molecule has 3 aromatic rings. The van der Waals surface area contributed by atoms with Gasteiger partial charge in [0.15, 0.2) is 0 Å². The van der Waals surface area contributed by atoms with Gasteiger partial charge in [-0.1, -0.05) is 25.1 Å². The molecule has 10 nitrogen and oxygen atoms in total. The Balaban J connectivity index is 1.66. The number of hydrogen-bond donors (Lipinski definition) is 2. The van der Waals surface area contributed by atoms with E-state index in [4.69, 9.17) is 9.47 Å². The summed E-state index contributed by atoms with van der Waals surface area (Å²) in [4.78, 5) is 30.5. The molecule has 1 heterocycles. The molecule has 47 heavy (non-hydrogen) atoms. The fourth-order valence-electron chi connectivity index (χ4n) is 5.43. The number of amides is 2. The average Bonchev–Trinajstić information content (AvgIpc) is 3.06. The molecule has 0 saturated heterocycles. The summed E-state index contributed by atoms with van der Waals surface area (Å²) in [5, 5.41) is 10.2. The number of aliphatic hydroxyl groups is 1. The van der Waals surface area contributed by atoms with Gasteiger partial charge in [0.05, 0.1) is 35.3 Å². The first-order valence-electron chi connectivity index (χ1n) is 15.8. The summed E-state index contributed by atoms with van der Waals surface area (Å²) in [7, 11) is -2.37. The third-order valence-electron chi connectivity index (χ3n) is 8.25. The Kier molecular flexibility index (Phi) is 12.4. The van der Waals surface area contributed by atoms with E-state index >= 15 is 0 Å². The Bertz CT molecular complexity index is 1610. The largest absolute Gasteiger partial charge is 0.490 e. The molecule has 2 amide bonds. The molecule has 0 aliphatic carbocycles. The summed E-state index contributed by atoms with van der Waals surface area (Å²) >= 11 is 0. The third-order valence-corrected chi connectivity index (χ3v) is 9.65. The molecule has 4 atom stereocenters. The van der Waals surface area contributed by atoms with Crippen LogP contribution in [0.25, 0.3) is 0 Å². The number of anilines is 1. The van der Waals surface area contributed by atoms with Crippen LogP contribution in [0, 0.1) is 11.7 Å². The maximum Gasteiger partial charge on any atom is 0.261 e. The number of ether oxygens (including phenoxy) is 2. The van der Waals surface area contributed by atoms with Gasteiger partial charge in [0.25, 0.3) is 21.8 Å². The van der Waals surface area contributed by atoms with Gasteiger partial charge < -0.3 is 24.4 Å². The minimum atomic E-state index is -4.09. The second kappa shape index (κ2) is 16.2. The van der Waals surface area contributed by atoms with Crippen LogP contribution in [0.5, 0.6) is 5.75 Å². The van der Waals surface area contributed by atoms with Crippen LogP contribution in [0.3, 0.4) is 0 Å². The summed E-state index contributed by atoms with van der Waals surface area (Å²) in [5.74, 6) is -1.15. The van der Waals surface area contributed by atoms with Crippen molar-refractivity contribution in [2.75, 3.05) is 38.1 Å². The second-order valence-corrected chi connectivity index (χ2v) is 13.8. The first-order valence-corrected chi connectivity index (χ1v) is 17.3. The van der Waals surface area contributed by atoms with E-state index in [1.54, 1.807) is 37.1 Å². The van der Waals surface area contributed by atoms with Gasteiger partial charge in [-0.3, -0.25) is 14.3 Å².